The monoisotopic (exact) mass is 452 g/mol. The molecule has 0 aliphatic carbocycles. The third kappa shape index (κ3) is 4.26. The molecule has 33 heavy (non-hydrogen) atoms. The zero-order valence-corrected chi connectivity index (χ0v) is 18.5. The first-order valence-corrected chi connectivity index (χ1v) is 11.1. The summed E-state index contributed by atoms with van der Waals surface area (Å²) in [4.78, 5) is 27.9. The van der Waals surface area contributed by atoms with E-state index < -0.39 is 0 Å². The van der Waals surface area contributed by atoms with Gasteiger partial charge in [0.1, 0.15) is 0 Å². The molecule has 1 aliphatic heterocycles. The van der Waals surface area contributed by atoms with Crippen LogP contribution in [-0.4, -0.2) is 11.8 Å². The molecule has 0 spiro atoms. The zero-order chi connectivity index (χ0) is 22.8. The van der Waals surface area contributed by atoms with Crippen molar-refractivity contribution in [2.45, 2.75) is 13.0 Å². The SMILES string of the molecule is O=C(Nc1ccc(C(=O)N2Cc3ccccc3Cc3ccccc32)cc1)c1ccccc1Cl. The van der Waals surface area contributed by atoms with Crippen molar-refractivity contribution in [3.8, 4) is 0 Å². The number of halogens is 1. The van der Waals surface area contributed by atoms with Crippen LogP contribution in [0.2, 0.25) is 5.02 Å². The Bertz CT molecular complexity index is 1350. The lowest BCUT2D eigenvalue weighted by molar-refractivity contribution is 0.0984. The number of anilines is 2. The quantitative estimate of drug-likeness (QED) is 0.394. The fourth-order valence-electron chi connectivity index (χ4n) is 4.15. The van der Waals surface area contributed by atoms with Gasteiger partial charge in [0, 0.05) is 16.9 Å². The van der Waals surface area contributed by atoms with E-state index in [9.17, 15) is 9.59 Å². The second-order valence-electron chi connectivity index (χ2n) is 7.98. The van der Waals surface area contributed by atoms with Crippen molar-refractivity contribution in [2.24, 2.45) is 0 Å². The van der Waals surface area contributed by atoms with Gasteiger partial charge in [0.2, 0.25) is 0 Å². The lowest BCUT2D eigenvalue weighted by atomic mass is 10.0. The second-order valence-corrected chi connectivity index (χ2v) is 8.38. The van der Waals surface area contributed by atoms with Crippen LogP contribution < -0.4 is 10.2 Å². The lowest BCUT2D eigenvalue weighted by Gasteiger charge is -2.23. The average Bonchev–Trinajstić information content (AvgIpc) is 3.01. The number of nitrogens with zero attached hydrogens (tertiary/aromatic N) is 1. The standard InChI is InChI=1S/C28H21ClN2O2/c29-25-11-5-4-10-24(25)27(32)30-23-15-13-19(14-16-23)28(33)31-18-22-9-2-1-7-20(22)17-21-8-3-6-12-26(21)31/h1-16H,17-18H2,(H,30,32). The van der Waals surface area contributed by atoms with Gasteiger partial charge in [-0.25, -0.2) is 0 Å². The van der Waals surface area contributed by atoms with E-state index in [0.29, 0.717) is 28.4 Å². The van der Waals surface area contributed by atoms with Crippen LogP contribution in [0.5, 0.6) is 0 Å². The van der Waals surface area contributed by atoms with Crippen LogP contribution in [0, 0.1) is 0 Å². The van der Waals surface area contributed by atoms with E-state index in [4.69, 9.17) is 11.6 Å². The molecule has 162 valence electrons. The number of para-hydroxylation sites is 1. The van der Waals surface area contributed by atoms with E-state index in [-0.39, 0.29) is 11.8 Å². The molecule has 0 saturated carbocycles. The van der Waals surface area contributed by atoms with Crippen LogP contribution in [0.3, 0.4) is 0 Å². The number of hydrogen-bond acceptors (Lipinski definition) is 2. The molecule has 0 atom stereocenters. The van der Waals surface area contributed by atoms with Gasteiger partial charge in [0.15, 0.2) is 0 Å². The molecule has 5 rings (SSSR count). The Morgan fingerprint density at radius 2 is 1.36 bits per heavy atom. The van der Waals surface area contributed by atoms with Crippen LogP contribution in [0.1, 0.15) is 37.4 Å². The fourth-order valence-corrected chi connectivity index (χ4v) is 4.37. The molecule has 0 radical (unpaired) electrons. The summed E-state index contributed by atoms with van der Waals surface area (Å²) in [7, 11) is 0. The molecule has 1 N–H and O–H groups in total. The topological polar surface area (TPSA) is 49.4 Å². The summed E-state index contributed by atoms with van der Waals surface area (Å²) in [5.74, 6) is -0.374. The predicted molar refractivity (Wildman–Crippen MR) is 132 cm³/mol. The molecule has 0 fully saturated rings. The molecular weight excluding hydrogens is 432 g/mol. The highest BCUT2D eigenvalue weighted by molar-refractivity contribution is 6.34. The maximum Gasteiger partial charge on any atom is 0.258 e. The van der Waals surface area contributed by atoms with Gasteiger partial charge in [-0.1, -0.05) is 66.2 Å². The highest BCUT2D eigenvalue weighted by Gasteiger charge is 2.24. The van der Waals surface area contributed by atoms with E-state index >= 15 is 0 Å². The molecule has 0 saturated heterocycles. The first kappa shape index (κ1) is 21.0. The van der Waals surface area contributed by atoms with Gasteiger partial charge in [-0.2, -0.15) is 0 Å². The zero-order valence-electron chi connectivity index (χ0n) is 17.8. The molecule has 0 unspecified atom stereocenters. The Labute approximate surface area is 197 Å². The Balaban J connectivity index is 1.40. The molecule has 1 heterocycles. The molecule has 2 amide bonds. The highest BCUT2D eigenvalue weighted by atomic mass is 35.5. The Morgan fingerprint density at radius 3 is 2.12 bits per heavy atom. The maximum atomic E-state index is 13.5. The summed E-state index contributed by atoms with van der Waals surface area (Å²) in [6, 6.07) is 30.1. The summed E-state index contributed by atoms with van der Waals surface area (Å²) >= 11 is 6.12. The van der Waals surface area contributed by atoms with Crippen LogP contribution in [-0.2, 0) is 13.0 Å². The molecular formula is C28H21ClN2O2. The number of benzene rings is 4. The van der Waals surface area contributed by atoms with Crippen molar-refractivity contribution in [1.82, 2.24) is 0 Å². The van der Waals surface area contributed by atoms with Crippen molar-refractivity contribution in [3.05, 3.63) is 130 Å². The van der Waals surface area contributed by atoms with Crippen molar-refractivity contribution < 1.29 is 9.59 Å². The molecule has 4 nitrogen and oxygen atoms in total. The number of hydrogen-bond donors (Lipinski definition) is 1. The van der Waals surface area contributed by atoms with Crippen molar-refractivity contribution >= 4 is 34.8 Å². The second kappa shape index (κ2) is 8.93. The summed E-state index contributed by atoms with van der Waals surface area (Å²) < 4.78 is 0. The minimum atomic E-state index is -0.294. The van der Waals surface area contributed by atoms with Gasteiger partial charge >= 0.3 is 0 Å². The van der Waals surface area contributed by atoms with E-state index in [1.165, 1.54) is 5.56 Å². The van der Waals surface area contributed by atoms with Crippen molar-refractivity contribution in [2.75, 3.05) is 10.2 Å². The minimum Gasteiger partial charge on any atom is -0.322 e. The first-order valence-electron chi connectivity index (χ1n) is 10.7. The van der Waals surface area contributed by atoms with E-state index in [1.54, 1.807) is 48.5 Å². The summed E-state index contributed by atoms with van der Waals surface area (Å²) in [6.45, 7) is 0.511. The Morgan fingerprint density at radius 1 is 0.727 bits per heavy atom. The number of carbonyl (C=O) groups is 2. The number of carbonyl (C=O) groups excluding carboxylic acids is 2. The Kier molecular flexibility index (Phi) is 5.68. The molecule has 4 aromatic rings. The normalized spacial score (nSPS) is 12.3. The predicted octanol–water partition coefficient (Wildman–Crippen LogP) is 6.34. The molecule has 0 bridgehead atoms. The Hall–Kier alpha value is -3.89. The van der Waals surface area contributed by atoms with Gasteiger partial charge in [0.05, 0.1) is 17.1 Å². The number of amides is 2. The maximum absolute atomic E-state index is 13.5. The summed E-state index contributed by atoms with van der Waals surface area (Å²) in [5, 5.41) is 3.23. The van der Waals surface area contributed by atoms with Crippen LogP contribution in [0.15, 0.2) is 97.1 Å². The molecule has 4 aromatic carbocycles. The van der Waals surface area contributed by atoms with Crippen molar-refractivity contribution in [3.63, 3.8) is 0 Å². The molecule has 5 heteroatoms. The largest absolute Gasteiger partial charge is 0.322 e. The van der Waals surface area contributed by atoms with E-state index in [1.807, 2.05) is 35.2 Å². The summed E-state index contributed by atoms with van der Waals surface area (Å²) in [5.41, 5.74) is 5.98. The van der Waals surface area contributed by atoms with Crippen LogP contribution in [0.25, 0.3) is 0 Å². The van der Waals surface area contributed by atoms with E-state index in [0.717, 1.165) is 23.2 Å². The fraction of sp³-hybridized carbons (Fsp3) is 0.0714. The number of fused-ring (bicyclic) bond motifs is 2. The third-order valence-electron chi connectivity index (χ3n) is 5.86. The first-order chi connectivity index (χ1) is 16.1. The van der Waals surface area contributed by atoms with Gasteiger partial charge in [-0.15, -0.1) is 0 Å². The smallest absolute Gasteiger partial charge is 0.258 e. The number of nitrogens with one attached hydrogen (secondary N) is 1. The molecule has 1 aliphatic rings. The van der Waals surface area contributed by atoms with Crippen molar-refractivity contribution in [1.29, 1.82) is 0 Å². The third-order valence-corrected chi connectivity index (χ3v) is 6.19. The average molecular weight is 453 g/mol. The summed E-state index contributed by atoms with van der Waals surface area (Å²) in [6.07, 6.45) is 0.795. The van der Waals surface area contributed by atoms with Gasteiger partial charge < -0.3 is 10.2 Å². The van der Waals surface area contributed by atoms with Crippen LogP contribution >= 0.6 is 11.6 Å². The highest BCUT2D eigenvalue weighted by Crippen LogP contribution is 2.31. The van der Waals surface area contributed by atoms with E-state index in [2.05, 4.69) is 23.5 Å². The number of rotatable bonds is 3. The van der Waals surface area contributed by atoms with Gasteiger partial charge in [-0.05, 0) is 65.6 Å². The minimum absolute atomic E-state index is 0.0804. The van der Waals surface area contributed by atoms with Gasteiger partial charge in [0.25, 0.3) is 11.8 Å². The van der Waals surface area contributed by atoms with Gasteiger partial charge in [-0.3, -0.25) is 9.59 Å². The lowest BCUT2D eigenvalue weighted by Crippen LogP contribution is -2.30. The molecule has 0 aromatic heterocycles. The van der Waals surface area contributed by atoms with Crippen LogP contribution in [0.4, 0.5) is 11.4 Å².